The summed E-state index contributed by atoms with van der Waals surface area (Å²) < 4.78 is 0. The molecule has 0 bridgehead atoms. The van der Waals surface area contributed by atoms with E-state index in [-0.39, 0.29) is 0 Å². The van der Waals surface area contributed by atoms with Gasteiger partial charge in [0.1, 0.15) is 0 Å². The number of halogens is 2. The number of aliphatic carboxylic acids is 1. The molecule has 0 aromatic carbocycles. The van der Waals surface area contributed by atoms with Crippen LogP contribution in [-0.2, 0) is 4.79 Å². The van der Waals surface area contributed by atoms with Gasteiger partial charge in [0, 0.05) is 0 Å². The van der Waals surface area contributed by atoms with E-state index < -0.39 is 28.7 Å². The Morgan fingerprint density at radius 1 is 1.25 bits per heavy atom. The van der Waals surface area contributed by atoms with Gasteiger partial charge in [-0.3, -0.25) is 4.79 Å². The third-order valence-corrected chi connectivity index (χ3v) is 2.98. The molecular formula is C7H10Cl2O3. The second kappa shape index (κ2) is 3.81. The highest BCUT2D eigenvalue weighted by Crippen LogP contribution is 2.31. The molecule has 0 amide bonds. The molecular weight excluding hydrogens is 203 g/mol. The summed E-state index contributed by atoms with van der Waals surface area (Å²) in [6.45, 7) is 0. The van der Waals surface area contributed by atoms with E-state index in [4.69, 9.17) is 28.3 Å². The highest BCUT2D eigenvalue weighted by molar-refractivity contribution is 6.24. The van der Waals surface area contributed by atoms with Gasteiger partial charge in [0.25, 0.3) is 0 Å². The molecule has 3 nitrogen and oxygen atoms in total. The highest BCUT2D eigenvalue weighted by Gasteiger charge is 2.37. The van der Waals surface area contributed by atoms with Crippen molar-refractivity contribution in [2.75, 3.05) is 0 Å². The minimum atomic E-state index is -0.891. The minimum Gasteiger partial charge on any atom is -0.481 e. The second-order valence-corrected chi connectivity index (χ2v) is 4.15. The van der Waals surface area contributed by atoms with Crippen molar-refractivity contribution in [2.45, 2.75) is 29.7 Å². The lowest BCUT2D eigenvalue weighted by Gasteiger charge is -2.31. The van der Waals surface area contributed by atoms with Gasteiger partial charge in [0.15, 0.2) is 0 Å². The topological polar surface area (TPSA) is 57.5 Å². The van der Waals surface area contributed by atoms with Gasteiger partial charge in [-0.1, -0.05) is 0 Å². The molecule has 0 heterocycles. The summed E-state index contributed by atoms with van der Waals surface area (Å²) in [5.41, 5.74) is 0. The number of alkyl halides is 2. The van der Waals surface area contributed by atoms with Crippen LogP contribution in [0.5, 0.6) is 0 Å². The molecule has 0 aromatic heterocycles. The molecule has 2 unspecified atom stereocenters. The standard InChI is InChI=1S/C7H10Cl2O3/c8-4-1-3(7(11)12)2-5(9)6(4)10/h3-6,10H,1-2H2,(H,11,12). The Kier molecular flexibility index (Phi) is 3.21. The van der Waals surface area contributed by atoms with Gasteiger partial charge in [0.05, 0.1) is 22.8 Å². The molecule has 70 valence electrons. The Hall–Kier alpha value is 0.01000. The molecule has 5 heteroatoms. The number of hydrogen-bond acceptors (Lipinski definition) is 2. The Bertz CT molecular complexity index is 173. The molecule has 12 heavy (non-hydrogen) atoms. The molecule has 0 saturated heterocycles. The fourth-order valence-electron chi connectivity index (χ4n) is 1.35. The van der Waals surface area contributed by atoms with Crippen LogP contribution in [0.1, 0.15) is 12.8 Å². The van der Waals surface area contributed by atoms with E-state index in [0.29, 0.717) is 12.8 Å². The zero-order valence-electron chi connectivity index (χ0n) is 6.28. The van der Waals surface area contributed by atoms with Crippen molar-refractivity contribution in [3.05, 3.63) is 0 Å². The summed E-state index contributed by atoms with van der Waals surface area (Å²) in [5, 5.41) is 16.9. The van der Waals surface area contributed by atoms with E-state index in [1.807, 2.05) is 0 Å². The van der Waals surface area contributed by atoms with E-state index in [2.05, 4.69) is 0 Å². The van der Waals surface area contributed by atoms with Crippen molar-refractivity contribution in [3.8, 4) is 0 Å². The summed E-state index contributed by atoms with van der Waals surface area (Å²) in [7, 11) is 0. The lowest BCUT2D eigenvalue weighted by atomic mass is 9.87. The van der Waals surface area contributed by atoms with Crippen LogP contribution in [-0.4, -0.2) is 33.0 Å². The first-order valence-corrected chi connectivity index (χ1v) is 4.58. The summed E-state index contributed by atoms with van der Waals surface area (Å²) in [4.78, 5) is 10.6. The summed E-state index contributed by atoms with van der Waals surface area (Å²) in [6, 6.07) is 0. The second-order valence-electron chi connectivity index (χ2n) is 3.03. The number of carboxylic acids is 1. The van der Waals surface area contributed by atoms with Gasteiger partial charge < -0.3 is 10.2 Å². The normalized spacial score (nSPS) is 42.6. The largest absolute Gasteiger partial charge is 0.481 e. The van der Waals surface area contributed by atoms with Crippen molar-refractivity contribution in [1.29, 1.82) is 0 Å². The zero-order chi connectivity index (χ0) is 9.30. The summed E-state index contributed by atoms with van der Waals surface area (Å²) in [6.07, 6.45) is -0.202. The van der Waals surface area contributed by atoms with Crippen molar-refractivity contribution >= 4 is 29.2 Å². The lowest BCUT2D eigenvalue weighted by molar-refractivity contribution is -0.143. The molecule has 2 N–H and O–H groups in total. The van der Waals surface area contributed by atoms with Crippen molar-refractivity contribution in [1.82, 2.24) is 0 Å². The average molecular weight is 213 g/mol. The maximum atomic E-state index is 10.6. The number of rotatable bonds is 1. The monoisotopic (exact) mass is 212 g/mol. The molecule has 1 aliphatic carbocycles. The first-order chi connectivity index (χ1) is 5.52. The van der Waals surface area contributed by atoms with Crippen molar-refractivity contribution < 1.29 is 15.0 Å². The number of carbonyl (C=O) groups is 1. The van der Waals surface area contributed by atoms with Crippen LogP contribution in [0, 0.1) is 5.92 Å². The van der Waals surface area contributed by atoms with Crippen LogP contribution in [0.15, 0.2) is 0 Å². The number of hydrogen-bond donors (Lipinski definition) is 2. The third kappa shape index (κ3) is 2.03. The third-order valence-electron chi connectivity index (χ3n) is 2.11. The number of aliphatic hydroxyl groups excluding tert-OH is 1. The van der Waals surface area contributed by atoms with Crippen LogP contribution < -0.4 is 0 Å². The van der Waals surface area contributed by atoms with Crippen molar-refractivity contribution in [2.24, 2.45) is 5.92 Å². The smallest absolute Gasteiger partial charge is 0.306 e. The molecule has 2 atom stereocenters. The molecule has 0 spiro atoms. The van der Waals surface area contributed by atoms with Gasteiger partial charge in [-0.25, -0.2) is 0 Å². The fourth-order valence-corrected chi connectivity index (χ4v) is 2.20. The maximum absolute atomic E-state index is 10.6. The van der Waals surface area contributed by atoms with Crippen molar-refractivity contribution in [3.63, 3.8) is 0 Å². The van der Waals surface area contributed by atoms with E-state index in [0.717, 1.165) is 0 Å². The molecule has 1 rings (SSSR count). The molecule has 0 aromatic rings. The Labute approximate surface area is 80.3 Å². The number of carboxylic acid groups (broad SMARTS) is 1. The van der Waals surface area contributed by atoms with Gasteiger partial charge >= 0.3 is 5.97 Å². The molecule has 1 aliphatic rings. The van der Waals surface area contributed by atoms with Crippen LogP contribution in [0.2, 0.25) is 0 Å². The molecule has 0 aliphatic heterocycles. The van der Waals surface area contributed by atoms with E-state index in [1.165, 1.54) is 0 Å². The SMILES string of the molecule is O=C(O)C1CC(Cl)C(O)C(Cl)C1. The maximum Gasteiger partial charge on any atom is 0.306 e. The molecule has 0 radical (unpaired) electrons. The molecule has 1 saturated carbocycles. The first kappa shape index (κ1) is 10.1. The minimum absolute atomic E-state index is 0.293. The van der Waals surface area contributed by atoms with Gasteiger partial charge in [-0.05, 0) is 12.8 Å². The Balaban J connectivity index is 2.59. The fraction of sp³-hybridized carbons (Fsp3) is 0.857. The van der Waals surface area contributed by atoms with Crippen LogP contribution in [0.25, 0.3) is 0 Å². The average Bonchev–Trinajstić information content (AvgIpc) is 1.99. The summed E-state index contributed by atoms with van der Waals surface area (Å²) in [5.74, 6) is -1.41. The summed E-state index contributed by atoms with van der Waals surface area (Å²) >= 11 is 11.4. The van der Waals surface area contributed by atoms with E-state index in [1.54, 1.807) is 0 Å². The Morgan fingerprint density at radius 3 is 2.00 bits per heavy atom. The zero-order valence-corrected chi connectivity index (χ0v) is 7.79. The first-order valence-electron chi connectivity index (χ1n) is 3.71. The van der Waals surface area contributed by atoms with E-state index in [9.17, 15) is 9.90 Å². The van der Waals surface area contributed by atoms with Gasteiger partial charge in [-0.15, -0.1) is 23.2 Å². The van der Waals surface area contributed by atoms with Crippen LogP contribution >= 0.6 is 23.2 Å². The molecule has 1 fully saturated rings. The van der Waals surface area contributed by atoms with Crippen LogP contribution in [0.3, 0.4) is 0 Å². The van der Waals surface area contributed by atoms with Gasteiger partial charge in [-0.2, -0.15) is 0 Å². The quantitative estimate of drug-likeness (QED) is 0.640. The van der Waals surface area contributed by atoms with Gasteiger partial charge in [0.2, 0.25) is 0 Å². The van der Waals surface area contributed by atoms with E-state index >= 15 is 0 Å². The predicted octanol–water partition coefficient (Wildman–Crippen LogP) is 1.06. The van der Waals surface area contributed by atoms with Crippen LogP contribution in [0.4, 0.5) is 0 Å². The Morgan fingerprint density at radius 2 is 1.67 bits per heavy atom. The number of aliphatic hydroxyl groups is 1. The lowest BCUT2D eigenvalue weighted by Crippen LogP contribution is -2.41. The highest BCUT2D eigenvalue weighted by atomic mass is 35.5. The predicted molar refractivity (Wildman–Crippen MR) is 45.6 cm³/mol.